The molecule has 3 aromatic carbocycles. The third kappa shape index (κ3) is 7.54. The van der Waals surface area contributed by atoms with Crippen molar-refractivity contribution in [3.63, 3.8) is 0 Å². The first-order valence-electron chi connectivity index (χ1n) is 15.3. The van der Waals surface area contributed by atoms with Crippen molar-refractivity contribution >= 4 is 23.2 Å². The standard InChI is InChI=1S/C35H43N3O8/c1-7-20(2)32(35(42)37-23-9-11-24(12-10-23)46-17-16-39)38-28-15-13-25-26(19-29(28)41)27(36-21(3)40)14-8-22-18-30(43-4)33(44-5)34(45-6)31(22)25/h9-13,15,18-20,27,32,39H,7-8,14,16-17H2,1-6H3,(H,36,40)(H,37,42)(H,38,41)/t20-,27+,32+/m1/s1. The van der Waals surface area contributed by atoms with Crippen molar-refractivity contribution in [2.24, 2.45) is 5.92 Å². The van der Waals surface area contributed by atoms with E-state index in [1.807, 2.05) is 26.0 Å². The van der Waals surface area contributed by atoms with Crippen LogP contribution in [0, 0.1) is 5.92 Å². The van der Waals surface area contributed by atoms with Crippen molar-refractivity contribution in [2.75, 3.05) is 45.2 Å². The molecule has 0 unspecified atom stereocenters. The van der Waals surface area contributed by atoms with Crippen LogP contribution in [-0.2, 0) is 16.0 Å². The maximum Gasteiger partial charge on any atom is 0.247 e. The maximum atomic E-state index is 13.9. The monoisotopic (exact) mass is 633 g/mol. The average molecular weight is 634 g/mol. The Morgan fingerprint density at radius 2 is 1.72 bits per heavy atom. The number of rotatable bonds is 13. The van der Waals surface area contributed by atoms with E-state index in [1.54, 1.807) is 44.6 Å². The van der Waals surface area contributed by atoms with Gasteiger partial charge < -0.3 is 40.0 Å². The molecule has 0 fully saturated rings. The van der Waals surface area contributed by atoms with Crippen molar-refractivity contribution in [3.8, 4) is 34.1 Å². The van der Waals surface area contributed by atoms with Gasteiger partial charge in [0.15, 0.2) is 11.5 Å². The van der Waals surface area contributed by atoms with E-state index < -0.39 is 12.1 Å². The normalized spacial score (nSPS) is 14.8. The highest BCUT2D eigenvalue weighted by Gasteiger charge is 2.30. The Bertz CT molecular complexity index is 1610. The van der Waals surface area contributed by atoms with E-state index in [-0.39, 0.29) is 42.1 Å². The largest absolute Gasteiger partial charge is 0.493 e. The summed E-state index contributed by atoms with van der Waals surface area (Å²) in [5.41, 5.74) is 3.46. The SMILES string of the molecule is CC[C@@H](C)[C@H](Nc1ccc2c(cc1=O)[C@@H](NC(C)=O)CCc1cc(OC)c(OC)c(OC)c1-2)C(=O)Nc1ccc(OCCO)cc1. The molecule has 3 atom stereocenters. The van der Waals surface area contributed by atoms with E-state index in [2.05, 4.69) is 16.0 Å². The molecule has 0 heterocycles. The van der Waals surface area contributed by atoms with Gasteiger partial charge in [-0.05, 0) is 77.9 Å². The van der Waals surface area contributed by atoms with Gasteiger partial charge in [-0.25, -0.2) is 0 Å². The topological polar surface area (TPSA) is 144 Å². The van der Waals surface area contributed by atoms with Crippen LogP contribution in [0.25, 0.3) is 11.1 Å². The van der Waals surface area contributed by atoms with Gasteiger partial charge in [-0.1, -0.05) is 26.3 Å². The number of carbonyl (C=O) groups excluding carboxylic acids is 2. The molecule has 0 aliphatic heterocycles. The van der Waals surface area contributed by atoms with Gasteiger partial charge in [0.1, 0.15) is 18.4 Å². The minimum absolute atomic E-state index is 0.0976. The lowest BCUT2D eigenvalue weighted by molar-refractivity contribution is -0.120. The Hall–Kier alpha value is -4.77. The number of aliphatic hydroxyl groups is 1. The van der Waals surface area contributed by atoms with Gasteiger partial charge in [0.05, 0.1) is 39.7 Å². The van der Waals surface area contributed by atoms with Crippen LogP contribution in [0.4, 0.5) is 11.4 Å². The molecular formula is C35H43N3O8. The number of fused-ring (bicyclic) bond motifs is 3. The Balaban J connectivity index is 1.78. The van der Waals surface area contributed by atoms with E-state index in [9.17, 15) is 14.4 Å². The molecule has 4 N–H and O–H groups in total. The first-order valence-corrected chi connectivity index (χ1v) is 15.3. The molecule has 0 radical (unpaired) electrons. The second kappa shape index (κ2) is 15.5. The number of aryl methyl sites for hydroxylation is 1. The third-order valence-electron chi connectivity index (χ3n) is 8.20. The summed E-state index contributed by atoms with van der Waals surface area (Å²) in [5.74, 6) is 1.32. The highest BCUT2D eigenvalue weighted by Crippen LogP contribution is 2.50. The van der Waals surface area contributed by atoms with Crippen molar-refractivity contribution < 1.29 is 33.6 Å². The predicted molar refractivity (Wildman–Crippen MR) is 177 cm³/mol. The zero-order valence-electron chi connectivity index (χ0n) is 27.2. The van der Waals surface area contributed by atoms with Crippen molar-refractivity contribution in [1.82, 2.24) is 5.32 Å². The molecule has 0 spiro atoms. The number of ether oxygens (including phenoxy) is 4. The first kappa shape index (κ1) is 34.1. The Labute approximate surface area is 269 Å². The lowest BCUT2D eigenvalue weighted by atomic mass is 9.95. The molecule has 3 aromatic rings. The third-order valence-corrected chi connectivity index (χ3v) is 8.20. The number of aliphatic hydroxyl groups excluding tert-OH is 1. The van der Waals surface area contributed by atoms with Crippen LogP contribution in [0.15, 0.2) is 53.3 Å². The van der Waals surface area contributed by atoms with Crippen molar-refractivity contribution in [3.05, 3.63) is 69.9 Å². The number of methoxy groups -OCH3 is 3. The second-order valence-corrected chi connectivity index (χ2v) is 11.2. The first-order chi connectivity index (χ1) is 22.1. The highest BCUT2D eigenvalue weighted by atomic mass is 16.5. The van der Waals surface area contributed by atoms with Gasteiger partial charge in [0.2, 0.25) is 23.0 Å². The van der Waals surface area contributed by atoms with Crippen LogP contribution in [0.5, 0.6) is 23.0 Å². The van der Waals surface area contributed by atoms with Crippen molar-refractivity contribution in [1.29, 1.82) is 0 Å². The van der Waals surface area contributed by atoms with Crippen molar-refractivity contribution in [2.45, 2.75) is 52.1 Å². The molecule has 4 rings (SSSR count). The van der Waals surface area contributed by atoms with E-state index in [4.69, 9.17) is 24.1 Å². The lowest BCUT2D eigenvalue weighted by Crippen LogP contribution is -2.40. The number of carbonyl (C=O) groups is 2. The molecule has 0 bridgehead atoms. The number of hydrogen-bond donors (Lipinski definition) is 4. The number of hydrogen-bond acceptors (Lipinski definition) is 9. The smallest absolute Gasteiger partial charge is 0.247 e. The van der Waals surface area contributed by atoms with E-state index >= 15 is 0 Å². The summed E-state index contributed by atoms with van der Waals surface area (Å²) in [5, 5.41) is 18.1. The van der Waals surface area contributed by atoms with Crippen LogP contribution >= 0.6 is 0 Å². The molecule has 0 saturated carbocycles. The van der Waals surface area contributed by atoms with Gasteiger partial charge in [0.25, 0.3) is 0 Å². The van der Waals surface area contributed by atoms with Gasteiger partial charge >= 0.3 is 0 Å². The van der Waals surface area contributed by atoms with Gasteiger partial charge in [-0.3, -0.25) is 14.4 Å². The van der Waals surface area contributed by atoms with E-state index in [0.717, 1.165) is 11.1 Å². The Kier molecular flexibility index (Phi) is 11.5. The van der Waals surface area contributed by atoms with E-state index in [0.29, 0.717) is 59.1 Å². The molecule has 11 heteroatoms. The summed E-state index contributed by atoms with van der Waals surface area (Å²) >= 11 is 0. The predicted octanol–water partition coefficient (Wildman–Crippen LogP) is 4.70. The summed E-state index contributed by atoms with van der Waals surface area (Å²) in [6.07, 6.45) is 1.80. The van der Waals surface area contributed by atoms with Crippen LogP contribution in [0.3, 0.4) is 0 Å². The molecule has 246 valence electrons. The minimum Gasteiger partial charge on any atom is -0.493 e. The summed E-state index contributed by atoms with van der Waals surface area (Å²) in [7, 11) is 4.64. The summed E-state index contributed by atoms with van der Waals surface area (Å²) in [6.45, 7) is 5.45. The van der Waals surface area contributed by atoms with Gasteiger partial charge in [-0.2, -0.15) is 0 Å². The maximum absolute atomic E-state index is 13.9. The summed E-state index contributed by atoms with van der Waals surface area (Å²) in [6, 6.07) is 12.6. The van der Waals surface area contributed by atoms with Gasteiger partial charge in [-0.15, -0.1) is 0 Å². The molecular weight excluding hydrogens is 590 g/mol. The van der Waals surface area contributed by atoms with Crippen LogP contribution in [0.2, 0.25) is 0 Å². The highest BCUT2D eigenvalue weighted by molar-refractivity contribution is 5.97. The minimum atomic E-state index is -0.734. The zero-order valence-corrected chi connectivity index (χ0v) is 27.2. The Morgan fingerprint density at radius 3 is 2.33 bits per heavy atom. The molecule has 0 saturated heterocycles. The lowest BCUT2D eigenvalue weighted by Gasteiger charge is -2.24. The van der Waals surface area contributed by atoms with Crippen LogP contribution in [0.1, 0.15) is 50.8 Å². The molecule has 1 aliphatic rings. The van der Waals surface area contributed by atoms with E-state index in [1.165, 1.54) is 20.1 Å². The molecule has 0 aromatic heterocycles. The molecule has 2 amide bonds. The fourth-order valence-corrected chi connectivity index (χ4v) is 5.71. The fourth-order valence-electron chi connectivity index (χ4n) is 5.71. The number of nitrogens with one attached hydrogen (secondary N) is 3. The molecule has 46 heavy (non-hydrogen) atoms. The molecule has 1 aliphatic carbocycles. The van der Waals surface area contributed by atoms with Crippen LogP contribution in [-0.4, -0.2) is 57.5 Å². The summed E-state index contributed by atoms with van der Waals surface area (Å²) < 4.78 is 22.5. The number of benzene rings is 2. The van der Waals surface area contributed by atoms with Gasteiger partial charge in [0, 0.05) is 18.2 Å². The molecule has 11 nitrogen and oxygen atoms in total. The zero-order chi connectivity index (χ0) is 33.4. The second-order valence-electron chi connectivity index (χ2n) is 11.2. The number of anilines is 2. The summed E-state index contributed by atoms with van der Waals surface area (Å²) in [4.78, 5) is 39.7. The fraction of sp³-hybridized carbons (Fsp3) is 0.400. The van der Waals surface area contributed by atoms with Crippen LogP contribution < -0.4 is 40.3 Å². The average Bonchev–Trinajstić information content (AvgIpc) is 3.29. The number of amides is 2. The Morgan fingerprint density at radius 1 is 1.00 bits per heavy atom. The quantitative estimate of drug-likeness (QED) is 0.211.